The van der Waals surface area contributed by atoms with Crippen LogP contribution in [0.1, 0.15) is 0 Å². The van der Waals surface area contributed by atoms with E-state index < -0.39 is 0 Å². The van der Waals surface area contributed by atoms with Crippen LogP contribution in [0.15, 0.2) is 0 Å². The normalized spacial score (nSPS) is 5.00. The van der Waals surface area contributed by atoms with Crippen molar-refractivity contribution in [3.05, 3.63) is 0 Å². The topological polar surface area (TPSA) is 75.9 Å². The van der Waals surface area contributed by atoms with Gasteiger partial charge in [0.15, 0.2) is 5.96 Å². The fourth-order valence-electron chi connectivity index (χ4n) is 0. The zero-order valence-electron chi connectivity index (χ0n) is 2.91. The maximum absolute atomic E-state index is 6.06. The van der Waals surface area contributed by atoms with Crippen molar-refractivity contribution in [3.8, 4) is 0 Å². The molecule has 0 bridgehead atoms. The van der Waals surface area contributed by atoms with Gasteiger partial charge in [0.25, 0.3) is 0 Å². The molecule has 0 aliphatic rings. The SMILES string of the molecule is ClCl.N=C(N)N. The highest BCUT2D eigenvalue weighted by Crippen LogP contribution is 1.69. The molecule has 0 aromatic heterocycles. The van der Waals surface area contributed by atoms with Crippen LogP contribution in [-0.2, 0) is 0 Å². The summed E-state index contributed by atoms with van der Waals surface area (Å²) in [5, 5.41) is 6.06. The molecular weight excluding hydrogens is 125 g/mol. The van der Waals surface area contributed by atoms with Crippen molar-refractivity contribution in [2.45, 2.75) is 0 Å². The molecule has 0 fully saturated rings. The second-order valence-corrected chi connectivity index (χ2v) is 0.455. The Morgan fingerprint density at radius 3 is 1.33 bits per heavy atom. The first-order valence-corrected chi connectivity index (χ1v) is 2.11. The lowest BCUT2D eigenvalue weighted by Gasteiger charge is -1.69. The zero-order valence-corrected chi connectivity index (χ0v) is 4.42. The number of guanidine groups is 1. The summed E-state index contributed by atoms with van der Waals surface area (Å²) in [4.78, 5) is 0. The Kier molecular flexibility index (Phi) is 13.7. The van der Waals surface area contributed by atoms with Gasteiger partial charge in [-0.15, -0.1) is 0 Å². The lowest BCUT2D eigenvalue weighted by atomic mass is 11.1. The monoisotopic (exact) mass is 129 g/mol. The quantitative estimate of drug-likeness (QED) is 0.324. The highest BCUT2D eigenvalue weighted by atomic mass is 36.5. The van der Waals surface area contributed by atoms with Crippen LogP contribution in [0.4, 0.5) is 0 Å². The van der Waals surface area contributed by atoms with E-state index in [2.05, 4.69) is 33.2 Å². The highest BCUT2D eigenvalue weighted by Gasteiger charge is 1.52. The van der Waals surface area contributed by atoms with Crippen molar-refractivity contribution in [2.24, 2.45) is 11.5 Å². The van der Waals surface area contributed by atoms with Crippen LogP contribution < -0.4 is 11.5 Å². The van der Waals surface area contributed by atoms with E-state index >= 15 is 0 Å². The van der Waals surface area contributed by atoms with Gasteiger partial charge in [-0.25, -0.2) is 0 Å². The molecule has 38 valence electrons. The molecule has 0 atom stereocenters. The molecule has 0 saturated heterocycles. The van der Waals surface area contributed by atoms with Gasteiger partial charge in [-0.1, -0.05) is 0 Å². The van der Waals surface area contributed by atoms with Gasteiger partial charge in [0, 0.05) is 21.7 Å². The first kappa shape index (κ1) is 9.28. The van der Waals surface area contributed by atoms with Gasteiger partial charge >= 0.3 is 0 Å². The standard InChI is InChI=1S/CH5N3.Cl2/c2-1(3)4;1-2/h(H5,2,3,4);. The summed E-state index contributed by atoms with van der Waals surface area (Å²) >= 11 is 0. The summed E-state index contributed by atoms with van der Waals surface area (Å²) in [6.45, 7) is 0. The molecule has 0 aromatic carbocycles. The molecule has 0 unspecified atom stereocenters. The molecule has 0 amide bonds. The zero-order chi connectivity index (χ0) is 5.58. The van der Waals surface area contributed by atoms with E-state index in [0.717, 1.165) is 0 Å². The van der Waals surface area contributed by atoms with E-state index in [4.69, 9.17) is 5.41 Å². The van der Waals surface area contributed by atoms with Gasteiger partial charge in [-0.3, -0.25) is 5.41 Å². The van der Waals surface area contributed by atoms with Gasteiger partial charge in [0.2, 0.25) is 0 Å². The summed E-state index contributed by atoms with van der Waals surface area (Å²) in [6.07, 6.45) is 0. The van der Waals surface area contributed by atoms with Crippen molar-refractivity contribution in [3.63, 3.8) is 0 Å². The lowest BCUT2D eigenvalue weighted by Crippen LogP contribution is -2.20. The number of rotatable bonds is 0. The van der Waals surface area contributed by atoms with E-state index in [-0.39, 0.29) is 5.96 Å². The minimum atomic E-state index is -0.333. The molecule has 0 heterocycles. The third-order valence-electron chi connectivity index (χ3n) is 0. The summed E-state index contributed by atoms with van der Waals surface area (Å²) < 4.78 is 0. The summed E-state index contributed by atoms with van der Waals surface area (Å²) in [7, 11) is 8.22. The van der Waals surface area contributed by atoms with Gasteiger partial charge in [0.1, 0.15) is 0 Å². The van der Waals surface area contributed by atoms with E-state index in [9.17, 15) is 0 Å². The molecule has 0 radical (unpaired) electrons. The Balaban J connectivity index is 0. The number of nitrogens with one attached hydrogen (secondary N) is 1. The Hall–Kier alpha value is -0.150. The van der Waals surface area contributed by atoms with Crippen molar-refractivity contribution >= 4 is 27.7 Å². The van der Waals surface area contributed by atoms with Crippen LogP contribution in [0.5, 0.6) is 0 Å². The first-order chi connectivity index (χ1) is 2.73. The van der Waals surface area contributed by atoms with Crippen molar-refractivity contribution in [1.29, 1.82) is 5.41 Å². The van der Waals surface area contributed by atoms with Crippen LogP contribution in [0, 0.1) is 5.41 Å². The molecule has 0 aliphatic carbocycles. The summed E-state index contributed by atoms with van der Waals surface area (Å²) in [5.74, 6) is -0.333. The second kappa shape index (κ2) is 8.85. The third-order valence-corrected chi connectivity index (χ3v) is 0. The minimum Gasteiger partial charge on any atom is -0.370 e. The summed E-state index contributed by atoms with van der Waals surface area (Å²) in [5.41, 5.74) is 8.94. The van der Waals surface area contributed by atoms with Crippen LogP contribution in [0.3, 0.4) is 0 Å². The minimum absolute atomic E-state index is 0.333. The Labute approximate surface area is 45.3 Å². The van der Waals surface area contributed by atoms with E-state index in [1.54, 1.807) is 0 Å². The molecule has 6 heavy (non-hydrogen) atoms. The highest BCUT2D eigenvalue weighted by molar-refractivity contribution is 6.85. The van der Waals surface area contributed by atoms with Crippen molar-refractivity contribution in [1.82, 2.24) is 0 Å². The molecule has 0 saturated carbocycles. The maximum Gasteiger partial charge on any atom is 0.183 e. The molecule has 0 aliphatic heterocycles. The Morgan fingerprint density at radius 2 is 1.33 bits per heavy atom. The average Bonchev–Trinajstić information content (AvgIpc) is 1.41. The second-order valence-electron chi connectivity index (χ2n) is 0.455. The Morgan fingerprint density at radius 1 is 1.33 bits per heavy atom. The van der Waals surface area contributed by atoms with Crippen LogP contribution in [-0.4, -0.2) is 5.96 Å². The van der Waals surface area contributed by atoms with Crippen molar-refractivity contribution < 1.29 is 0 Å². The molecule has 3 nitrogen and oxygen atoms in total. The maximum atomic E-state index is 6.06. The van der Waals surface area contributed by atoms with Gasteiger partial charge in [0.05, 0.1) is 0 Å². The molecule has 5 N–H and O–H groups in total. The largest absolute Gasteiger partial charge is 0.370 e. The smallest absolute Gasteiger partial charge is 0.183 e. The van der Waals surface area contributed by atoms with E-state index in [0.29, 0.717) is 0 Å². The van der Waals surface area contributed by atoms with Gasteiger partial charge < -0.3 is 11.5 Å². The van der Waals surface area contributed by atoms with E-state index in [1.165, 1.54) is 0 Å². The molecule has 0 aromatic rings. The van der Waals surface area contributed by atoms with E-state index in [1.807, 2.05) is 0 Å². The third kappa shape index (κ3) is 1390. The van der Waals surface area contributed by atoms with Crippen LogP contribution in [0.2, 0.25) is 0 Å². The number of nitrogens with two attached hydrogens (primary N) is 2. The van der Waals surface area contributed by atoms with Crippen molar-refractivity contribution in [2.75, 3.05) is 0 Å². The molecule has 5 heteroatoms. The van der Waals surface area contributed by atoms with Crippen LogP contribution >= 0.6 is 21.7 Å². The predicted octanol–water partition coefficient (Wildman–Crippen LogP) is 0.218. The number of hydrogen-bond donors (Lipinski definition) is 3. The first-order valence-electron chi connectivity index (χ1n) is 0.970. The predicted molar refractivity (Wildman–Crippen MR) is 27.8 cm³/mol. The number of hydrogen-bond acceptors (Lipinski definition) is 1. The Bertz CT molecular complexity index is 31.8. The summed E-state index contributed by atoms with van der Waals surface area (Å²) in [6, 6.07) is 0. The van der Waals surface area contributed by atoms with Crippen LogP contribution in [0.25, 0.3) is 0 Å². The van der Waals surface area contributed by atoms with Gasteiger partial charge in [-0.2, -0.15) is 0 Å². The van der Waals surface area contributed by atoms with Gasteiger partial charge in [-0.05, 0) is 0 Å². The molecule has 0 rings (SSSR count). The fraction of sp³-hybridized carbons (Fsp3) is 0. The molecule has 0 spiro atoms. The molecular formula is CH5Cl2N3. The number of halogens is 2. The average molecular weight is 130 g/mol. The lowest BCUT2D eigenvalue weighted by molar-refractivity contribution is 1.39. The fourth-order valence-corrected chi connectivity index (χ4v) is 0.